The molecule has 0 aliphatic carbocycles. The van der Waals surface area contributed by atoms with E-state index in [4.69, 9.17) is 0 Å². The first-order valence-corrected chi connectivity index (χ1v) is 8.59. The molecule has 0 spiro atoms. The minimum atomic E-state index is -3.65. The molecular formula is C16H15N5O2S. The van der Waals surface area contributed by atoms with E-state index >= 15 is 0 Å². The minimum absolute atomic E-state index is 0.109. The average molecular weight is 341 g/mol. The van der Waals surface area contributed by atoms with Gasteiger partial charge >= 0.3 is 0 Å². The van der Waals surface area contributed by atoms with Gasteiger partial charge in [-0.2, -0.15) is 15.3 Å². The van der Waals surface area contributed by atoms with Gasteiger partial charge in [0.25, 0.3) is 10.0 Å². The fourth-order valence-electron chi connectivity index (χ4n) is 1.96. The maximum atomic E-state index is 12.2. The smallest absolute Gasteiger partial charge is 0.265 e. The molecule has 24 heavy (non-hydrogen) atoms. The normalized spacial score (nSPS) is 11.7. The van der Waals surface area contributed by atoms with E-state index in [2.05, 4.69) is 20.0 Å². The van der Waals surface area contributed by atoms with Gasteiger partial charge in [-0.1, -0.05) is 18.2 Å². The Bertz CT molecular complexity index is 948. The van der Waals surface area contributed by atoms with Crippen LogP contribution in [0.2, 0.25) is 0 Å². The molecule has 0 fully saturated rings. The highest BCUT2D eigenvalue weighted by Gasteiger charge is 2.15. The van der Waals surface area contributed by atoms with Crippen molar-refractivity contribution >= 4 is 27.1 Å². The molecule has 3 rings (SSSR count). The number of nitrogens with one attached hydrogen (secondary N) is 1. The Morgan fingerprint density at radius 3 is 2.17 bits per heavy atom. The number of nitrogens with zero attached hydrogens (tertiary/aromatic N) is 4. The maximum Gasteiger partial charge on any atom is 0.265 e. The van der Waals surface area contributed by atoms with Crippen molar-refractivity contribution in [3.05, 3.63) is 67.0 Å². The number of aryl methyl sites for hydroxylation is 1. The fourth-order valence-corrected chi connectivity index (χ4v) is 3.00. The SMILES string of the molecule is Cn1cc(S(=O)(=O)Nc2ccc(N=Nc3ccccc3)cc2)cn1. The maximum absolute atomic E-state index is 12.2. The van der Waals surface area contributed by atoms with E-state index in [0.29, 0.717) is 11.4 Å². The highest BCUT2D eigenvalue weighted by Crippen LogP contribution is 2.21. The van der Waals surface area contributed by atoms with E-state index in [1.807, 2.05) is 30.3 Å². The molecule has 3 aromatic rings. The second-order valence-corrected chi connectivity index (χ2v) is 6.72. The number of hydrogen-bond acceptors (Lipinski definition) is 5. The molecule has 1 aromatic heterocycles. The summed E-state index contributed by atoms with van der Waals surface area (Å²) in [4.78, 5) is 0.109. The van der Waals surface area contributed by atoms with Crippen molar-refractivity contribution in [2.75, 3.05) is 4.72 Å². The number of hydrogen-bond donors (Lipinski definition) is 1. The van der Waals surface area contributed by atoms with Crippen LogP contribution in [-0.2, 0) is 17.1 Å². The van der Waals surface area contributed by atoms with Gasteiger partial charge in [-0.3, -0.25) is 9.40 Å². The van der Waals surface area contributed by atoms with E-state index in [1.54, 1.807) is 31.3 Å². The third-order valence-electron chi connectivity index (χ3n) is 3.15. The van der Waals surface area contributed by atoms with Crippen LogP contribution in [0.25, 0.3) is 0 Å². The van der Waals surface area contributed by atoms with Crippen LogP contribution in [0, 0.1) is 0 Å². The monoisotopic (exact) mass is 341 g/mol. The number of anilines is 1. The van der Waals surface area contributed by atoms with Crippen molar-refractivity contribution in [2.45, 2.75) is 4.90 Å². The van der Waals surface area contributed by atoms with Crippen LogP contribution in [0.1, 0.15) is 0 Å². The van der Waals surface area contributed by atoms with Gasteiger partial charge in [0, 0.05) is 18.9 Å². The predicted molar refractivity (Wildman–Crippen MR) is 91.1 cm³/mol. The van der Waals surface area contributed by atoms with Crippen LogP contribution in [0.5, 0.6) is 0 Å². The average Bonchev–Trinajstić information content (AvgIpc) is 3.02. The van der Waals surface area contributed by atoms with Gasteiger partial charge in [0.15, 0.2) is 0 Å². The number of sulfonamides is 1. The molecular weight excluding hydrogens is 326 g/mol. The molecule has 0 aliphatic rings. The van der Waals surface area contributed by atoms with Crippen LogP contribution in [0.15, 0.2) is 82.1 Å². The van der Waals surface area contributed by atoms with Crippen LogP contribution in [0.4, 0.5) is 17.1 Å². The predicted octanol–water partition coefficient (Wildman–Crippen LogP) is 3.64. The zero-order valence-corrected chi connectivity index (χ0v) is 13.7. The zero-order valence-electron chi connectivity index (χ0n) is 12.9. The third-order valence-corrected chi connectivity index (χ3v) is 4.48. The molecule has 0 saturated carbocycles. The molecule has 0 radical (unpaired) electrons. The van der Waals surface area contributed by atoms with Gasteiger partial charge in [0.1, 0.15) is 4.90 Å². The molecule has 0 unspecified atom stereocenters. The van der Waals surface area contributed by atoms with E-state index in [-0.39, 0.29) is 4.90 Å². The second-order valence-electron chi connectivity index (χ2n) is 5.04. The molecule has 1 N–H and O–H groups in total. The second kappa shape index (κ2) is 6.63. The van der Waals surface area contributed by atoms with E-state index in [1.165, 1.54) is 17.1 Å². The summed E-state index contributed by atoms with van der Waals surface area (Å²) >= 11 is 0. The Kier molecular flexibility index (Phi) is 4.39. The minimum Gasteiger partial charge on any atom is -0.280 e. The molecule has 0 saturated heterocycles. The molecule has 0 aliphatic heterocycles. The van der Waals surface area contributed by atoms with Gasteiger partial charge in [0.2, 0.25) is 0 Å². The van der Waals surface area contributed by atoms with Crippen molar-refractivity contribution in [1.82, 2.24) is 9.78 Å². The quantitative estimate of drug-likeness (QED) is 0.719. The lowest BCUT2D eigenvalue weighted by atomic mass is 10.3. The first-order chi connectivity index (χ1) is 11.5. The van der Waals surface area contributed by atoms with Gasteiger partial charge in [-0.25, -0.2) is 8.42 Å². The first kappa shape index (κ1) is 15.9. The summed E-state index contributed by atoms with van der Waals surface area (Å²) in [5.74, 6) is 0. The largest absolute Gasteiger partial charge is 0.280 e. The topological polar surface area (TPSA) is 88.7 Å². The van der Waals surface area contributed by atoms with Crippen LogP contribution in [-0.4, -0.2) is 18.2 Å². The highest BCUT2D eigenvalue weighted by molar-refractivity contribution is 7.92. The van der Waals surface area contributed by atoms with E-state index < -0.39 is 10.0 Å². The molecule has 0 atom stereocenters. The van der Waals surface area contributed by atoms with Crippen LogP contribution in [0.3, 0.4) is 0 Å². The number of azo groups is 1. The Balaban J connectivity index is 1.72. The molecule has 8 heteroatoms. The Morgan fingerprint density at radius 2 is 1.58 bits per heavy atom. The van der Waals surface area contributed by atoms with Crippen molar-refractivity contribution in [1.29, 1.82) is 0 Å². The third kappa shape index (κ3) is 3.85. The summed E-state index contributed by atoms with van der Waals surface area (Å²) < 4.78 is 28.3. The van der Waals surface area contributed by atoms with Gasteiger partial charge in [-0.05, 0) is 36.4 Å². The molecule has 1 heterocycles. The lowest BCUT2D eigenvalue weighted by Crippen LogP contribution is -2.12. The van der Waals surface area contributed by atoms with Gasteiger partial charge in [-0.15, -0.1) is 0 Å². The van der Waals surface area contributed by atoms with Crippen LogP contribution >= 0.6 is 0 Å². The standard InChI is InChI=1S/C16H15N5O2S/c1-21-12-16(11-17-21)24(22,23)20-15-9-7-14(8-10-15)19-18-13-5-3-2-4-6-13/h2-12,20H,1H3. The molecule has 0 amide bonds. The van der Waals surface area contributed by atoms with Crippen molar-refractivity contribution in [2.24, 2.45) is 17.3 Å². The van der Waals surface area contributed by atoms with E-state index in [0.717, 1.165) is 5.69 Å². The van der Waals surface area contributed by atoms with Crippen molar-refractivity contribution in [3.63, 3.8) is 0 Å². The van der Waals surface area contributed by atoms with Crippen molar-refractivity contribution < 1.29 is 8.42 Å². The van der Waals surface area contributed by atoms with E-state index in [9.17, 15) is 8.42 Å². The summed E-state index contributed by atoms with van der Waals surface area (Å²) in [6, 6.07) is 16.0. The summed E-state index contributed by atoms with van der Waals surface area (Å²) in [6.07, 6.45) is 2.73. The fraction of sp³-hybridized carbons (Fsp3) is 0.0625. The van der Waals surface area contributed by atoms with Crippen LogP contribution < -0.4 is 4.72 Å². The number of benzene rings is 2. The summed E-state index contributed by atoms with van der Waals surface area (Å²) in [6.45, 7) is 0. The Morgan fingerprint density at radius 1 is 0.958 bits per heavy atom. The lowest BCUT2D eigenvalue weighted by Gasteiger charge is -2.05. The first-order valence-electron chi connectivity index (χ1n) is 7.11. The Labute approximate surface area is 139 Å². The zero-order chi connectivity index (χ0) is 17.0. The van der Waals surface area contributed by atoms with Gasteiger partial charge < -0.3 is 0 Å². The summed E-state index contributed by atoms with van der Waals surface area (Å²) in [5.41, 5.74) is 1.82. The number of aromatic nitrogens is 2. The molecule has 0 bridgehead atoms. The summed E-state index contributed by atoms with van der Waals surface area (Å²) in [7, 11) is -1.99. The molecule has 7 nitrogen and oxygen atoms in total. The van der Waals surface area contributed by atoms with Gasteiger partial charge in [0.05, 0.1) is 17.6 Å². The Hall–Kier alpha value is -3.00. The molecule has 122 valence electrons. The van der Waals surface area contributed by atoms with Crippen molar-refractivity contribution in [3.8, 4) is 0 Å². The number of rotatable bonds is 5. The summed E-state index contributed by atoms with van der Waals surface area (Å²) in [5, 5.41) is 12.1. The molecule has 2 aromatic carbocycles. The highest BCUT2D eigenvalue weighted by atomic mass is 32.2. The lowest BCUT2D eigenvalue weighted by molar-refractivity contribution is 0.601.